The van der Waals surface area contributed by atoms with E-state index in [9.17, 15) is 4.79 Å². The van der Waals surface area contributed by atoms with Crippen LogP contribution in [-0.2, 0) is 11.3 Å². The molecule has 1 amide bonds. The summed E-state index contributed by atoms with van der Waals surface area (Å²) in [4.78, 5) is 11.7. The van der Waals surface area contributed by atoms with Gasteiger partial charge < -0.3 is 4.57 Å². The van der Waals surface area contributed by atoms with Gasteiger partial charge in [0.05, 0.1) is 17.5 Å². The first-order chi connectivity index (χ1) is 15.3. The summed E-state index contributed by atoms with van der Waals surface area (Å²) in [5, 5.41) is 8.70. The molecule has 2 N–H and O–H groups in total. The summed E-state index contributed by atoms with van der Waals surface area (Å²) in [5.41, 5.74) is 12.0. The molecule has 4 aromatic rings. The fraction of sp³-hybridized carbons (Fsp3) is 0.0769. The number of carbonyl (C=O) groups excluding carboxylic acids is 1. The van der Waals surface area contributed by atoms with Crippen LogP contribution in [0.3, 0.4) is 0 Å². The minimum atomic E-state index is -0.352. The molecular weight excluding hydrogens is 384 g/mol. The highest BCUT2D eigenvalue weighted by atomic mass is 16.2. The van der Waals surface area contributed by atoms with Crippen LogP contribution < -0.4 is 10.9 Å². The second-order valence-electron chi connectivity index (χ2n) is 7.04. The molecule has 5 nitrogen and oxygen atoms in total. The van der Waals surface area contributed by atoms with E-state index in [2.05, 4.69) is 57.9 Å². The van der Waals surface area contributed by atoms with Crippen LogP contribution in [0.2, 0.25) is 0 Å². The van der Waals surface area contributed by atoms with Gasteiger partial charge in [-0.2, -0.15) is 5.26 Å². The lowest BCUT2D eigenvalue weighted by molar-refractivity contribution is -0.121. The molecular formula is C26H22N4O. The fourth-order valence-electron chi connectivity index (χ4n) is 3.63. The number of nitrogens with one attached hydrogen (secondary N) is 2. The molecule has 0 unspecified atom stereocenters. The van der Waals surface area contributed by atoms with Gasteiger partial charge in [0, 0.05) is 12.2 Å². The van der Waals surface area contributed by atoms with Crippen molar-refractivity contribution in [2.45, 2.75) is 13.0 Å². The van der Waals surface area contributed by atoms with Crippen LogP contribution in [0.4, 0.5) is 0 Å². The normalized spacial score (nSPS) is 10.4. The van der Waals surface area contributed by atoms with E-state index < -0.39 is 0 Å². The Labute approximate surface area is 181 Å². The maximum atomic E-state index is 11.7. The van der Waals surface area contributed by atoms with Gasteiger partial charge >= 0.3 is 0 Å². The van der Waals surface area contributed by atoms with E-state index in [0.29, 0.717) is 6.54 Å². The van der Waals surface area contributed by atoms with Gasteiger partial charge in [-0.15, -0.1) is 0 Å². The summed E-state index contributed by atoms with van der Waals surface area (Å²) < 4.78 is 2.25. The van der Waals surface area contributed by atoms with Crippen molar-refractivity contribution in [2.24, 2.45) is 0 Å². The predicted octanol–water partition coefficient (Wildman–Crippen LogP) is 4.85. The van der Waals surface area contributed by atoms with E-state index >= 15 is 0 Å². The summed E-state index contributed by atoms with van der Waals surface area (Å²) in [5.74, 6) is -0.352. The molecule has 5 heteroatoms. The highest BCUT2D eigenvalue weighted by Gasteiger charge is 2.19. The number of para-hydroxylation sites is 1. The third-order valence-electron chi connectivity index (χ3n) is 4.96. The maximum absolute atomic E-state index is 11.7. The van der Waals surface area contributed by atoms with Gasteiger partial charge in [-0.3, -0.25) is 10.2 Å². The summed E-state index contributed by atoms with van der Waals surface area (Å²) >= 11 is 0. The monoisotopic (exact) mass is 406 g/mol. The quantitative estimate of drug-likeness (QED) is 0.431. The van der Waals surface area contributed by atoms with Crippen molar-refractivity contribution in [2.75, 3.05) is 0 Å². The molecule has 1 aromatic heterocycles. The molecule has 0 atom stereocenters. The van der Waals surface area contributed by atoms with Gasteiger partial charge in [0.1, 0.15) is 6.42 Å². The molecule has 0 fully saturated rings. The zero-order valence-corrected chi connectivity index (χ0v) is 17.0. The van der Waals surface area contributed by atoms with Crippen molar-refractivity contribution in [3.05, 3.63) is 103 Å². The van der Waals surface area contributed by atoms with Gasteiger partial charge in [-0.25, -0.2) is 5.43 Å². The zero-order valence-electron chi connectivity index (χ0n) is 17.0. The van der Waals surface area contributed by atoms with Gasteiger partial charge in [0.15, 0.2) is 0 Å². The number of nitrogens with zero attached hydrogens (tertiary/aromatic N) is 2. The Morgan fingerprint density at radius 2 is 1.42 bits per heavy atom. The van der Waals surface area contributed by atoms with Crippen molar-refractivity contribution in [3.63, 3.8) is 0 Å². The molecule has 0 radical (unpaired) electrons. The molecule has 31 heavy (non-hydrogen) atoms. The third-order valence-corrected chi connectivity index (χ3v) is 4.96. The zero-order chi connectivity index (χ0) is 21.5. The van der Waals surface area contributed by atoms with Gasteiger partial charge in [0.2, 0.25) is 5.91 Å². The maximum Gasteiger partial charge on any atom is 0.248 e. The molecule has 0 saturated heterocycles. The Morgan fingerprint density at radius 3 is 2.03 bits per heavy atom. The Hall–Kier alpha value is -4.14. The smallest absolute Gasteiger partial charge is 0.248 e. The van der Waals surface area contributed by atoms with Crippen LogP contribution >= 0.6 is 0 Å². The lowest BCUT2D eigenvalue weighted by Crippen LogP contribution is -2.36. The molecule has 1 heterocycles. The fourth-order valence-corrected chi connectivity index (χ4v) is 3.63. The minimum Gasteiger partial charge on any atom is -0.309 e. The van der Waals surface area contributed by atoms with Gasteiger partial charge in [-0.1, -0.05) is 78.9 Å². The van der Waals surface area contributed by atoms with Crippen molar-refractivity contribution in [3.8, 4) is 34.3 Å². The Morgan fingerprint density at radius 1 is 0.839 bits per heavy atom. The topological polar surface area (TPSA) is 69.8 Å². The molecule has 152 valence electrons. The molecule has 0 aliphatic heterocycles. The summed E-state index contributed by atoms with van der Waals surface area (Å²) in [6.07, 6.45) is -0.182. The van der Waals surface area contributed by atoms with Crippen LogP contribution in [0.5, 0.6) is 0 Å². The molecule has 0 aliphatic carbocycles. The number of aromatic nitrogens is 1. The van der Waals surface area contributed by atoms with Crippen LogP contribution in [0.15, 0.2) is 97.1 Å². The average molecular weight is 406 g/mol. The highest BCUT2D eigenvalue weighted by Crippen LogP contribution is 2.35. The number of carbonyl (C=O) groups is 1. The van der Waals surface area contributed by atoms with E-state index in [4.69, 9.17) is 5.26 Å². The Bertz CT molecular complexity index is 1190. The number of hydrogen-bond donors (Lipinski definition) is 2. The second-order valence-corrected chi connectivity index (χ2v) is 7.04. The van der Waals surface area contributed by atoms with E-state index in [-0.39, 0.29) is 12.3 Å². The van der Waals surface area contributed by atoms with Crippen molar-refractivity contribution in [1.29, 1.82) is 5.26 Å². The van der Waals surface area contributed by atoms with E-state index in [1.807, 2.05) is 60.7 Å². The number of nitriles is 1. The van der Waals surface area contributed by atoms with Gasteiger partial charge in [0.25, 0.3) is 0 Å². The van der Waals surface area contributed by atoms with Crippen LogP contribution in [0.25, 0.3) is 28.2 Å². The third kappa shape index (κ3) is 4.55. The lowest BCUT2D eigenvalue weighted by Gasteiger charge is -2.15. The average Bonchev–Trinajstić information content (AvgIpc) is 3.20. The van der Waals surface area contributed by atoms with E-state index in [1.54, 1.807) is 0 Å². The first-order valence-corrected chi connectivity index (χ1v) is 10.1. The standard InChI is InChI=1S/C26H22N4O/c27-17-16-25(31)29-28-19-22-18-24(20-10-4-1-5-11-20)30(23-14-8-3-9-15-23)26(22)21-12-6-2-7-13-21/h1-15,18,28H,16,19H2,(H,29,31). The van der Waals surface area contributed by atoms with Crippen molar-refractivity contribution in [1.82, 2.24) is 15.4 Å². The summed E-state index contributed by atoms with van der Waals surface area (Å²) in [6, 6.07) is 34.7. The SMILES string of the molecule is N#CCC(=O)NNCc1cc(-c2ccccc2)n(-c2ccccc2)c1-c1ccccc1. The summed E-state index contributed by atoms with van der Waals surface area (Å²) in [6.45, 7) is 0.418. The number of benzene rings is 3. The van der Waals surface area contributed by atoms with E-state index in [0.717, 1.165) is 33.8 Å². The van der Waals surface area contributed by atoms with Crippen molar-refractivity contribution < 1.29 is 4.79 Å². The number of rotatable bonds is 7. The van der Waals surface area contributed by atoms with Crippen LogP contribution in [0, 0.1) is 11.3 Å². The van der Waals surface area contributed by atoms with Crippen LogP contribution in [0.1, 0.15) is 12.0 Å². The first-order valence-electron chi connectivity index (χ1n) is 10.1. The second kappa shape index (κ2) is 9.57. The number of hydrogen-bond acceptors (Lipinski definition) is 3. The van der Waals surface area contributed by atoms with E-state index in [1.165, 1.54) is 0 Å². The molecule has 4 rings (SSSR count). The molecule has 3 aromatic carbocycles. The Balaban J connectivity index is 1.85. The van der Waals surface area contributed by atoms with Crippen molar-refractivity contribution >= 4 is 5.91 Å². The predicted molar refractivity (Wildman–Crippen MR) is 122 cm³/mol. The van der Waals surface area contributed by atoms with Crippen LogP contribution in [-0.4, -0.2) is 10.5 Å². The first kappa shape index (κ1) is 20.1. The largest absolute Gasteiger partial charge is 0.309 e. The number of amides is 1. The molecule has 0 bridgehead atoms. The van der Waals surface area contributed by atoms with Gasteiger partial charge in [-0.05, 0) is 34.9 Å². The number of hydrazine groups is 1. The molecule has 0 saturated carbocycles. The minimum absolute atomic E-state index is 0.182. The summed E-state index contributed by atoms with van der Waals surface area (Å²) in [7, 11) is 0. The Kier molecular flexibility index (Phi) is 6.22. The molecule has 0 aliphatic rings. The molecule has 0 spiro atoms. The highest BCUT2D eigenvalue weighted by molar-refractivity contribution is 5.78. The lowest BCUT2D eigenvalue weighted by atomic mass is 10.1.